The summed E-state index contributed by atoms with van der Waals surface area (Å²) in [4.78, 5) is 29.8. The summed E-state index contributed by atoms with van der Waals surface area (Å²) >= 11 is 0. The van der Waals surface area contributed by atoms with Gasteiger partial charge >= 0.3 is 0 Å². The molecule has 0 spiro atoms. The first-order chi connectivity index (χ1) is 11.4. The van der Waals surface area contributed by atoms with Gasteiger partial charge in [-0.25, -0.2) is 4.98 Å². The molecule has 1 aromatic rings. The zero-order valence-corrected chi connectivity index (χ0v) is 14.1. The molecule has 1 saturated carbocycles. The number of piperazine rings is 1. The van der Waals surface area contributed by atoms with E-state index in [0.29, 0.717) is 31.6 Å². The van der Waals surface area contributed by atoms with Crippen LogP contribution in [0.5, 0.6) is 0 Å². The fourth-order valence-electron chi connectivity index (χ4n) is 3.25. The van der Waals surface area contributed by atoms with E-state index in [1.807, 2.05) is 24.8 Å². The predicted octanol–water partition coefficient (Wildman–Crippen LogP) is 0.753. The third kappa shape index (κ3) is 3.36. The monoisotopic (exact) mass is 332 g/mol. The first kappa shape index (κ1) is 16.7. The Balaban J connectivity index is 1.54. The molecule has 1 aliphatic heterocycles. The van der Waals surface area contributed by atoms with Gasteiger partial charge in [0.1, 0.15) is 5.82 Å². The number of carbonyl (C=O) groups is 2. The summed E-state index contributed by atoms with van der Waals surface area (Å²) in [6.07, 6.45) is 2.37. The maximum atomic E-state index is 12.2. The highest BCUT2D eigenvalue weighted by Gasteiger charge is 2.47. The Labute approximate surface area is 141 Å². The second-order valence-electron chi connectivity index (χ2n) is 7.20. The molecular formula is C17H24N4O3. The van der Waals surface area contributed by atoms with E-state index in [1.165, 1.54) is 0 Å². The van der Waals surface area contributed by atoms with E-state index in [0.717, 1.165) is 12.4 Å². The molecule has 130 valence electrons. The van der Waals surface area contributed by atoms with Gasteiger partial charge in [-0.2, -0.15) is 0 Å². The molecule has 0 bridgehead atoms. The summed E-state index contributed by atoms with van der Waals surface area (Å²) in [5.74, 6) is 0.857. The first-order valence-corrected chi connectivity index (χ1v) is 8.32. The molecular weight excluding hydrogens is 308 g/mol. The Hall–Kier alpha value is -2.15. The van der Waals surface area contributed by atoms with E-state index >= 15 is 0 Å². The summed E-state index contributed by atoms with van der Waals surface area (Å²) in [6, 6.07) is 3.61. The second-order valence-corrected chi connectivity index (χ2v) is 7.20. The minimum Gasteiger partial charge on any atom is -0.393 e. The molecule has 2 aliphatic rings. The number of aromatic nitrogens is 1. The van der Waals surface area contributed by atoms with Crippen LogP contribution < -0.4 is 15.5 Å². The molecule has 1 saturated heterocycles. The molecule has 24 heavy (non-hydrogen) atoms. The lowest BCUT2D eigenvalue weighted by molar-refractivity contribution is -0.129. The van der Waals surface area contributed by atoms with Crippen molar-refractivity contribution in [3.63, 3.8) is 0 Å². The summed E-state index contributed by atoms with van der Waals surface area (Å²) in [7, 11) is 0. The van der Waals surface area contributed by atoms with Crippen LogP contribution in [0.15, 0.2) is 18.3 Å². The van der Waals surface area contributed by atoms with Crippen molar-refractivity contribution in [3.8, 4) is 0 Å². The van der Waals surface area contributed by atoms with E-state index in [-0.39, 0.29) is 29.3 Å². The van der Waals surface area contributed by atoms with Crippen molar-refractivity contribution in [1.82, 2.24) is 10.3 Å². The highest BCUT2D eigenvalue weighted by atomic mass is 16.3. The second kappa shape index (κ2) is 6.39. The Kier molecular flexibility index (Phi) is 4.45. The molecule has 3 rings (SSSR count). The van der Waals surface area contributed by atoms with E-state index in [9.17, 15) is 14.7 Å². The SMILES string of the molecule is CC1(C)C(O)CC1CC(=O)Nc1ccc(N2CCNC(=O)C2)nc1. The maximum Gasteiger partial charge on any atom is 0.239 e. The van der Waals surface area contributed by atoms with E-state index in [2.05, 4.69) is 15.6 Å². The highest BCUT2D eigenvalue weighted by Crippen LogP contribution is 2.47. The molecule has 0 radical (unpaired) electrons. The van der Waals surface area contributed by atoms with Crippen LogP contribution in [0.2, 0.25) is 0 Å². The van der Waals surface area contributed by atoms with Crippen LogP contribution in [0.25, 0.3) is 0 Å². The Morgan fingerprint density at radius 2 is 2.29 bits per heavy atom. The average Bonchev–Trinajstić information content (AvgIpc) is 2.55. The molecule has 2 heterocycles. The third-order valence-electron chi connectivity index (χ3n) is 5.24. The maximum absolute atomic E-state index is 12.2. The quantitative estimate of drug-likeness (QED) is 0.756. The van der Waals surface area contributed by atoms with Crippen LogP contribution >= 0.6 is 0 Å². The van der Waals surface area contributed by atoms with Gasteiger partial charge in [-0.1, -0.05) is 13.8 Å². The van der Waals surface area contributed by atoms with Crippen molar-refractivity contribution in [1.29, 1.82) is 0 Å². The molecule has 3 N–H and O–H groups in total. The normalized spacial score (nSPS) is 25.6. The van der Waals surface area contributed by atoms with Crippen LogP contribution in [-0.4, -0.2) is 47.6 Å². The number of aliphatic hydroxyl groups is 1. The van der Waals surface area contributed by atoms with Gasteiger partial charge in [0.15, 0.2) is 0 Å². The van der Waals surface area contributed by atoms with Crippen LogP contribution in [-0.2, 0) is 9.59 Å². The summed E-state index contributed by atoms with van der Waals surface area (Å²) < 4.78 is 0. The third-order valence-corrected chi connectivity index (χ3v) is 5.24. The molecule has 7 nitrogen and oxygen atoms in total. The first-order valence-electron chi connectivity index (χ1n) is 8.32. The Morgan fingerprint density at radius 3 is 2.88 bits per heavy atom. The van der Waals surface area contributed by atoms with Crippen molar-refractivity contribution in [2.75, 3.05) is 29.9 Å². The van der Waals surface area contributed by atoms with Crippen molar-refractivity contribution < 1.29 is 14.7 Å². The number of anilines is 2. The molecule has 7 heteroatoms. The minimum absolute atomic E-state index is 0.00858. The number of nitrogens with one attached hydrogen (secondary N) is 2. The van der Waals surface area contributed by atoms with Crippen LogP contribution in [0.4, 0.5) is 11.5 Å². The minimum atomic E-state index is -0.321. The molecule has 1 aromatic heterocycles. The molecule has 1 aliphatic carbocycles. The van der Waals surface area contributed by atoms with E-state index in [1.54, 1.807) is 12.3 Å². The highest BCUT2D eigenvalue weighted by molar-refractivity contribution is 5.91. The van der Waals surface area contributed by atoms with Crippen molar-refractivity contribution in [2.24, 2.45) is 11.3 Å². The summed E-state index contributed by atoms with van der Waals surface area (Å²) in [5.41, 5.74) is 0.441. The Bertz CT molecular complexity index is 629. The molecule has 2 unspecified atom stereocenters. The number of hydrogen-bond donors (Lipinski definition) is 3. The Morgan fingerprint density at radius 1 is 1.50 bits per heavy atom. The fraction of sp³-hybridized carbons (Fsp3) is 0.588. The van der Waals surface area contributed by atoms with Crippen LogP contribution in [0, 0.1) is 11.3 Å². The number of hydrogen-bond acceptors (Lipinski definition) is 5. The lowest BCUT2D eigenvalue weighted by Crippen LogP contribution is -2.50. The number of rotatable bonds is 4. The number of aliphatic hydroxyl groups excluding tert-OH is 1. The van der Waals surface area contributed by atoms with Gasteiger partial charge in [0.25, 0.3) is 0 Å². The molecule has 2 atom stereocenters. The smallest absolute Gasteiger partial charge is 0.239 e. The largest absolute Gasteiger partial charge is 0.393 e. The lowest BCUT2D eigenvalue weighted by Gasteiger charge is -2.49. The van der Waals surface area contributed by atoms with Gasteiger partial charge < -0.3 is 20.6 Å². The van der Waals surface area contributed by atoms with Crippen LogP contribution in [0.1, 0.15) is 26.7 Å². The number of carbonyl (C=O) groups excluding carboxylic acids is 2. The zero-order valence-electron chi connectivity index (χ0n) is 14.1. The van der Waals surface area contributed by atoms with Crippen molar-refractivity contribution in [3.05, 3.63) is 18.3 Å². The summed E-state index contributed by atoms with van der Waals surface area (Å²) in [5, 5.41) is 15.4. The average molecular weight is 332 g/mol. The van der Waals surface area contributed by atoms with Gasteiger partial charge in [0.2, 0.25) is 11.8 Å². The number of nitrogens with zero attached hydrogens (tertiary/aromatic N) is 2. The number of amides is 2. The van der Waals surface area contributed by atoms with Gasteiger partial charge in [-0.3, -0.25) is 9.59 Å². The predicted molar refractivity (Wildman–Crippen MR) is 90.6 cm³/mol. The van der Waals surface area contributed by atoms with E-state index in [4.69, 9.17) is 0 Å². The van der Waals surface area contributed by atoms with Gasteiger partial charge in [-0.05, 0) is 29.9 Å². The molecule has 2 fully saturated rings. The standard InChI is InChI=1S/C17H24N4O3/c1-17(2)11(7-13(17)22)8-15(23)20-12-3-4-14(19-9-12)21-6-5-18-16(24)10-21/h3-4,9,11,13,22H,5-8,10H2,1-2H3,(H,18,24)(H,20,23). The van der Waals surface area contributed by atoms with Gasteiger partial charge in [0.05, 0.1) is 24.5 Å². The van der Waals surface area contributed by atoms with Crippen LogP contribution in [0.3, 0.4) is 0 Å². The van der Waals surface area contributed by atoms with Crippen molar-refractivity contribution >= 4 is 23.3 Å². The lowest BCUT2D eigenvalue weighted by atomic mass is 9.59. The zero-order chi connectivity index (χ0) is 17.3. The van der Waals surface area contributed by atoms with Crippen molar-refractivity contribution in [2.45, 2.75) is 32.8 Å². The topological polar surface area (TPSA) is 94.6 Å². The molecule has 2 amide bonds. The van der Waals surface area contributed by atoms with Gasteiger partial charge in [0, 0.05) is 19.5 Å². The summed E-state index contributed by atoms with van der Waals surface area (Å²) in [6.45, 7) is 5.62. The van der Waals surface area contributed by atoms with E-state index < -0.39 is 0 Å². The molecule has 0 aromatic carbocycles. The number of pyridine rings is 1. The fourth-order valence-corrected chi connectivity index (χ4v) is 3.25. The van der Waals surface area contributed by atoms with Gasteiger partial charge in [-0.15, -0.1) is 0 Å².